The van der Waals surface area contributed by atoms with Crippen molar-refractivity contribution in [3.05, 3.63) is 53.9 Å². The molecule has 158 valence electrons. The topological polar surface area (TPSA) is 62.5 Å². The van der Waals surface area contributed by atoms with Crippen molar-refractivity contribution in [2.45, 2.75) is 25.4 Å². The van der Waals surface area contributed by atoms with E-state index in [2.05, 4.69) is 20.3 Å². The van der Waals surface area contributed by atoms with Gasteiger partial charge in [-0.3, -0.25) is 4.79 Å². The summed E-state index contributed by atoms with van der Waals surface area (Å²) in [7, 11) is 0. The average Bonchev–Trinajstić information content (AvgIpc) is 3.40. The largest absolute Gasteiger partial charge is 0.433 e. The van der Waals surface area contributed by atoms with E-state index in [9.17, 15) is 18.0 Å². The van der Waals surface area contributed by atoms with E-state index >= 15 is 0 Å². The highest BCUT2D eigenvalue weighted by atomic mass is 19.4. The van der Waals surface area contributed by atoms with Gasteiger partial charge in [-0.1, -0.05) is 30.3 Å². The van der Waals surface area contributed by atoms with Crippen LogP contribution in [0, 0.1) is 0 Å². The van der Waals surface area contributed by atoms with E-state index < -0.39 is 17.8 Å². The van der Waals surface area contributed by atoms with Crippen LogP contribution in [0.3, 0.4) is 0 Å². The van der Waals surface area contributed by atoms with Gasteiger partial charge < -0.3 is 10.2 Å². The summed E-state index contributed by atoms with van der Waals surface area (Å²) in [6.45, 7) is 3.49. The fraction of sp³-hybridized carbons (Fsp3) is 0.381. The summed E-state index contributed by atoms with van der Waals surface area (Å²) in [6.07, 6.45) is -0.318. The fourth-order valence-corrected chi connectivity index (χ4v) is 3.69. The molecule has 6 nitrogen and oxygen atoms in total. The van der Waals surface area contributed by atoms with Crippen LogP contribution in [0.25, 0.3) is 16.9 Å². The van der Waals surface area contributed by atoms with Gasteiger partial charge in [0.2, 0.25) is 0 Å². The molecule has 0 unspecified atom stereocenters. The molecule has 3 aromatic rings. The van der Waals surface area contributed by atoms with Crippen LogP contribution in [0.5, 0.6) is 0 Å². The molecule has 4 rings (SSSR count). The number of fused-ring (bicyclic) bond motifs is 1. The number of likely N-dealkylation sites (tertiary alicyclic amines) is 1. The molecule has 1 aliphatic heterocycles. The first-order valence-corrected chi connectivity index (χ1v) is 9.95. The predicted octanol–water partition coefficient (Wildman–Crippen LogP) is 3.63. The van der Waals surface area contributed by atoms with Crippen LogP contribution in [0.15, 0.2) is 42.6 Å². The van der Waals surface area contributed by atoms with Crippen LogP contribution in [0.4, 0.5) is 13.2 Å². The molecule has 1 saturated heterocycles. The Hall–Kier alpha value is -2.94. The first-order chi connectivity index (χ1) is 14.4. The summed E-state index contributed by atoms with van der Waals surface area (Å²) in [6, 6.07) is 9.51. The summed E-state index contributed by atoms with van der Waals surface area (Å²) in [4.78, 5) is 19.3. The third kappa shape index (κ3) is 4.30. The number of amides is 1. The quantitative estimate of drug-likeness (QED) is 0.623. The van der Waals surface area contributed by atoms with Gasteiger partial charge in [0.25, 0.3) is 5.91 Å². The molecule has 1 aliphatic rings. The number of halogens is 3. The van der Waals surface area contributed by atoms with Crippen LogP contribution in [-0.4, -0.2) is 51.6 Å². The Labute approximate surface area is 171 Å². The lowest BCUT2D eigenvalue weighted by Crippen LogP contribution is -2.28. The van der Waals surface area contributed by atoms with E-state index in [0.29, 0.717) is 16.6 Å². The molecule has 0 aliphatic carbocycles. The Balaban J connectivity index is 1.59. The standard InChI is InChI=1S/C21H22F3N5O/c22-21(23,24)18-13-17(15-7-2-1-3-8-15)27-19-16(14-26-29(18)19)20(30)25-9-6-12-28-10-4-5-11-28/h1-3,7-8,13-14H,4-6,9-12H2,(H,25,30). The molecule has 0 saturated carbocycles. The van der Waals surface area contributed by atoms with Crippen molar-refractivity contribution in [2.75, 3.05) is 26.2 Å². The second-order valence-electron chi connectivity index (χ2n) is 7.34. The van der Waals surface area contributed by atoms with Gasteiger partial charge in [0.1, 0.15) is 5.56 Å². The number of alkyl halides is 3. The number of carbonyl (C=O) groups excluding carboxylic acids is 1. The first-order valence-electron chi connectivity index (χ1n) is 9.95. The number of carbonyl (C=O) groups is 1. The maximum Gasteiger partial charge on any atom is 0.433 e. The number of aromatic nitrogens is 3. The van der Waals surface area contributed by atoms with Crippen LogP contribution in [0.1, 0.15) is 35.3 Å². The Morgan fingerprint density at radius 1 is 1.13 bits per heavy atom. The number of nitrogens with zero attached hydrogens (tertiary/aromatic N) is 4. The average molecular weight is 417 g/mol. The molecular formula is C21H22F3N5O. The van der Waals surface area contributed by atoms with Crippen molar-refractivity contribution in [2.24, 2.45) is 0 Å². The van der Waals surface area contributed by atoms with Gasteiger partial charge in [0, 0.05) is 12.1 Å². The Morgan fingerprint density at radius 3 is 2.57 bits per heavy atom. The van der Waals surface area contributed by atoms with Crippen LogP contribution in [-0.2, 0) is 6.18 Å². The molecule has 3 heterocycles. The van der Waals surface area contributed by atoms with E-state index in [1.165, 1.54) is 12.8 Å². The van der Waals surface area contributed by atoms with Crippen molar-refractivity contribution < 1.29 is 18.0 Å². The van der Waals surface area contributed by atoms with Crippen LogP contribution in [0.2, 0.25) is 0 Å². The minimum Gasteiger partial charge on any atom is -0.352 e. The summed E-state index contributed by atoms with van der Waals surface area (Å²) in [5.41, 5.74) is -0.387. The van der Waals surface area contributed by atoms with E-state index in [-0.39, 0.29) is 16.9 Å². The Morgan fingerprint density at radius 2 is 1.87 bits per heavy atom. The second-order valence-corrected chi connectivity index (χ2v) is 7.34. The highest BCUT2D eigenvalue weighted by Crippen LogP contribution is 2.32. The minimum absolute atomic E-state index is 0.0273. The maximum atomic E-state index is 13.6. The predicted molar refractivity (Wildman–Crippen MR) is 106 cm³/mol. The normalized spacial score (nSPS) is 15.0. The van der Waals surface area contributed by atoms with Crippen LogP contribution < -0.4 is 5.32 Å². The number of hydrogen-bond donors (Lipinski definition) is 1. The molecule has 1 N–H and O–H groups in total. The molecule has 1 amide bonds. The van der Waals surface area contributed by atoms with Gasteiger partial charge in [-0.25, -0.2) is 9.50 Å². The number of benzene rings is 1. The van der Waals surface area contributed by atoms with Gasteiger partial charge >= 0.3 is 6.18 Å². The Kier molecular flexibility index (Phi) is 5.72. The third-order valence-corrected chi connectivity index (χ3v) is 5.21. The zero-order valence-corrected chi connectivity index (χ0v) is 16.3. The molecule has 1 fully saturated rings. The van der Waals surface area contributed by atoms with Gasteiger partial charge in [0.15, 0.2) is 11.3 Å². The molecule has 1 aromatic carbocycles. The fourth-order valence-electron chi connectivity index (χ4n) is 3.69. The zero-order valence-electron chi connectivity index (χ0n) is 16.3. The number of hydrogen-bond acceptors (Lipinski definition) is 4. The lowest BCUT2D eigenvalue weighted by Gasteiger charge is -2.14. The lowest BCUT2D eigenvalue weighted by molar-refractivity contribution is -0.142. The van der Waals surface area contributed by atoms with Gasteiger partial charge in [-0.05, 0) is 45.0 Å². The molecule has 0 spiro atoms. The van der Waals surface area contributed by atoms with E-state index in [4.69, 9.17) is 0 Å². The first kappa shape index (κ1) is 20.3. The van der Waals surface area contributed by atoms with E-state index in [1.54, 1.807) is 30.3 Å². The SMILES string of the molecule is O=C(NCCCN1CCCC1)c1cnn2c(C(F)(F)F)cc(-c3ccccc3)nc12. The summed E-state index contributed by atoms with van der Waals surface area (Å²) >= 11 is 0. The molecule has 0 radical (unpaired) electrons. The van der Waals surface area contributed by atoms with Crippen molar-refractivity contribution in [3.8, 4) is 11.3 Å². The summed E-state index contributed by atoms with van der Waals surface area (Å²) in [5.74, 6) is -0.475. The van der Waals surface area contributed by atoms with Gasteiger partial charge in [-0.15, -0.1) is 0 Å². The zero-order chi connectivity index (χ0) is 21.1. The molecule has 0 bridgehead atoms. The smallest absolute Gasteiger partial charge is 0.352 e. The van der Waals surface area contributed by atoms with E-state index in [0.717, 1.165) is 38.3 Å². The van der Waals surface area contributed by atoms with Crippen molar-refractivity contribution >= 4 is 11.6 Å². The van der Waals surface area contributed by atoms with Crippen molar-refractivity contribution in [3.63, 3.8) is 0 Å². The second kappa shape index (κ2) is 8.43. The highest BCUT2D eigenvalue weighted by Gasteiger charge is 2.36. The van der Waals surface area contributed by atoms with Crippen molar-refractivity contribution in [1.29, 1.82) is 0 Å². The molecule has 0 atom stereocenters. The van der Waals surface area contributed by atoms with Gasteiger partial charge in [-0.2, -0.15) is 18.3 Å². The van der Waals surface area contributed by atoms with E-state index in [1.807, 2.05) is 0 Å². The highest BCUT2D eigenvalue weighted by molar-refractivity contribution is 5.99. The maximum absolute atomic E-state index is 13.6. The summed E-state index contributed by atoms with van der Waals surface area (Å²) in [5, 5.41) is 6.58. The van der Waals surface area contributed by atoms with Crippen LogP contribution >= 0.6 is 0 Å². The molecule has 30 heavy (non-hydrogen) atoms. The Bertz CT molecular complexity index is 1030. The monoisotopic (exact) mass is 417 g/mol. The number of nitrogens with one attached hydrogen (secondary N) is 1. The lowest BCUT2D eigenvalue weighted by atomic mass is 10.1. The third-order valence-electron chi connectivity index (χ3n) is 5.21. The molecule has 9 heteroatoms. The van der Waals surface area contributed by atoms with Gasteiger partial charge in [0.05, 0.1) is 11.9 Å². The summed E-state index contributed by atoms with van der Waals surface area (Å²) < 4.78 is 41.6. The molecule has 2 aromatic heterocycles. The minimum atomic E-state index is -4.64. The number of rotatable bonds is 6. The molecular weight excluding hydrogens is 395 g/mol. The van der Waals surface area contributed by atoms with Crippen molar-refractivity contribution in [1.82, 2.24) is 24.8 Å².